The SMILES string of the molecule is COc1cc(CC(C)(C)CN)cc([N+](=O)[O-])c1O. The molecular formula is C12H18N2O4. The predicted molar refractivity (Wildman–Crippen MR) is 67.9 cm³/mol. The number of rotatable bonds is 5. The minimum Gasteiger partial charge on any atom is -0.500 e. The van der Waals surface area contributed by atoms with Crippen LogP contribution in [-0.4, -0.2) is 23.7 Å². The van der Waals surface area contributed by atoms with Crippen LogP contribution in [0.4, 0.5) is 5.69 Å². The van der Waals surface area contributed by atoms with Crippen LogP contribution in [0.25, 0.3) is 0 Å². The van der Waals surface area contributed by atoms with Crippen molar-refractivity contribution < 1.29 is 14.8 Å². The minimum atomic E-state index is -0.628. The molecule has 0 heterocycles. The third kappa shape index (κ3) is 3.10. The van der Waals surface area contributed by atoms with Crippen LogP contribution < -0.4 is 10.5 Å². The third-order valence-electron chi connectivity index (χ3n) is 2.77. The number of benzene rings is 1. The number of nitro benzene ring substituents is 1. The van der Waals surface area contributed by atoms with Crippen molar-refractivity contribution in [1.29, 1.82) is 0 Å². The first kappa shape index (κ1) is 14.2. The molecule has 0 radical (unpaired) electrons. The van der Waals surface area contributed by atoms with Crippen LogP contribution >= 0.6 is 0 Å². The first-order valence-electron chi connectivity index (χ1n) is 5.55. The second kappa shape index (κ2) is 5.22. The molecule has 0 saturated carbocycles. The Morgan fingerprint density at radius 1 is 1.50 bits per heavy atom. The summed E-state index contributed by atoms with van der Waals surface area (Å²) >= 11 is 0. The van der Waals surface area contributed by atoms with Crippen LogP contribution in [0.5, 0.6) is 11.5 Å². The highest BCUT2D eigenvalue weighted by molar-refractivity contribution is 5.57. The topological polar surface area (TPSA) is 98.6 Å². The fraction of sp³-hybridized carbons (Fsp3) is 0.500. The van der Waals surface area contributed by atoms with E-state index in [1.165, 1.54) is 13.2 Å². The van der Waals surface area contributed by atoms with Crippen molar-refractivity contribution in [3.63, 3.8) is 0 Å². The van der Waals surface area contributed by atoms with Gasteiger partial charge in [0.15, 0.2) is 5.75 Å². The summed E-state index contributed by atoms with van der Waals surface area (Å²) in [5.74, 6) is -0.344. The molecule has 3 N–H and O–H groups in total. The van der Waals surface area contributed by atoms with Crippen LogP contribution in [0.15, 0.2) is 12.1 Å². The van der Waals surface area contributed by atoms with Gasteiger partial charge in [-0.15, -0.1) is 0 Å². The lowest BCUT2D eigenvalue weighted by molar-refractivity contribution is -0.386. The minimum absolute atomic E-state index is 0.104. The van der Waals surface area contributed by atoms with E-state index in [4.69, 9.17) is 10.5 Å². The summed E-state index contributed by atoms with van der Waals surface area (Å²) in [6.07, 6.45) is 0.570. The lowest BCUT2D eigenvalue weighted by Gasteiger charge is -2.22. The Hall–Kier alpha value is -1.82. The summed E-state index contributed by atoms with van der Waals surface area (Å²) in [4.78, 5) is 10.2. The summed E-state index contributed by atoms with van der Waals surface area (Å²) in [6, 6.07) is 2.95. The van der Waals surface area contributed by atoms with Gasteiger partial charge < -0.3 is 15.6 Å². The number of nitrogens with two attached hydrogens (primary N) is 1. The number of nitro groups is 1. The molecule has 0 atom stereocenters. The highest BCUT2D eigenvalue weighted by Gasteiger charge is 2.23. The molecule has 100 valence electrons. The van der Waals surface area contributed by atoms with Gasteiger partial charge >= 0.3 is 5.69 Å². The number of nitrogens with zero attached hydrogens (tertiary/aromatic N) is 1. The molecule has 1 aromatic rings. The highest BCUT2D eigenvalue weighted by Crippen LogP contribution is 2.38. The molecular weight excluding hydrogens is 236 g/mol. The maximum absolute atomic E-state index is 10.8. The first-order chi connectivity index (χ1) is 8.30. The van der Waals surface area contributed by atoms with E-state index in [0.29, 0.717) is 18.5 Å². The summed E-state index contributed by atoms with van der Waals surface area (Å²) in [7, 11) is 1.36. The Balaban J connectivity index is 3.22. The second-order valence-corrected chi connectivity index (χ2v) is 4.97. The second-order valence-electron chi connectivity index (χ2n) is 4.97. The van der Waals surface area contributed by atoms with Crippen LogP contribution in [0, 0.1) is 15.5 Å². The zero-order valence-corrected chi connectivity index (χ0v) is 10.8. The Morgan fingerprint density at radius 3 is 2.56 bits per heavy atom. The molecule has 0 aliphatic carbocycles. The fourth-order valence-corrected chi connectivity index (χ4v) is 1.67. The van der Waals surface area contributed by atoms with Gasteiger partial charge in [0.05, 0.1) is 12.0 Å². The Labute approximate surface area is 106 Å². The zero-order chi connectivity index (χ0) is 13.9. The Morgan fingerprint density at radius 2 is 2.11 bits per heavy atom. The van der Waals surface area contributed by atoms with E-state index >= 15 is 0 Å². The Bertz CT molecular complexity index is 458. The average molecular weight is 254 g/mol. The quantitative estimate of drug-likeness (QED) is 0.617. The molecule has 6 heteroatoms. The molecule has 0 amide bonds. The van der Waals surface area contributed by atoms with Crippen molar-refractivity contribution in [2.75, 3.05) is 13.7 Å². The summed E-state index contributed by atoms with van der Waals surface area (Å²) in [5.41, 5.74) is 5.83. The van der Waals surface area contributed by atoms with E-state index in [1.807, 2.05) is 13.8 Å². The summed E-state index contributed by atoms with van der Waals surface area (Å²) in [6.45, 7) is 4.40. The van der Waals surface area contributed by atoms with E-state index in [0.717, 1.165) is 0 Å². The first-order valence-corrected chi connectivity index (χ1v) is 5.55. The van der Waals surface area contributed by atoms with Gasteiger partial charge in [-0.05, 0) is 30.0 Å². The van der Waals surface area contributed by atoms with Gasteiger partial charge in [0.2, 0.25) is 5.75 Å². The lowest BCUT2D eigenvalue weighted by atomic mass is 9.86. The number of aromatic hydroxyl groups is 1. The monoisotopic (exact) mass is 254 g/mol. The van der Waals surface area contributed by atoms with Crippen LogP contribution in [-0.2, 0) is 6.42 Å². The highest BCUT2D eigenvalue weighted by atomic mass is 16.6. The van der Waals surface area contributed by atoms with E-state index < -0.39 is 10.7 Å². The van der Waals surface area contributed by atoms with E-state index in [1.54, 1.807) is 6.07 Å². The van der Waals surface area contributed by atoms with E-state index in [2.05, 4.69) is 0 Å². The average Bonchev–Trinajstić information content (AvgIpc) is 2.30. The molecule has 1 aromatic carbocycles. The maximum Gasteiger partial charge on any atom is 0.314 e. The maximum atomic E-state index is 10.8. The number of methoxy groups -OCH3 is 1. The third-order valence-corrected chi connectivity index (χ3v) is 2.77. The molecule has 1 rings (SSSR count). The number of phenolic OH excluding ortho intramolecular Hbond substituents is 1. The van der Waals surface area contributed by atoms with Crippen molar-refractivity contribution in [2.45, 2.75) is 20.3 Å². The standard InChI is InChI=1S/C12H18N2O4/c1-12(2,7-13)6-8-4-9(14(16)17)11(15)10(5-8)18-3/h4-5,15H,6-7,13H2,1-3H3. The van der Waals surface area contributed by atoms with Crippen LogP contribution in [0.3, 0.4) is 0 Å². The van der Waals surface area contributed by atoms with Gasteiger partial charge in [0.25, 0.3) is 0 Å². The van der Waals surface area contributed by atoms with Crippen molar-refractivity contribution in [3.05, 3.63) is 27.8 Å². The smallest absolute Gasteiger partial charge is 0.314 e. The van der Waals surface area contributed by atoms with Gasteiger partial charge in [-0.25, -0.2) is 0 Å². The number of hydrogen-bond acceptors (Lipinski definition) is 5. The fourth-order valence-electron chi connectivity index (χ4n) is 1.67. The molecule has 0 unspecified atom stereocenters. The van der Waals surface area contributed by atoms with Crippen LogP contribution in [0.2, 0.25) is 0 Å². The normalized spacial score (nSPS) is 11.3. The zero-order valence-electron chi connectivity index (χ0n) is 10.8. The number of hydrogen-bond donors (Lipinski definition) is 2. The van der Waals surface area contributed by atoms with Crippen LogP contribution in [0.1, 0.15) is 19.4 Å². The van der Waals surface area contributed by atoms with Gasteiger partial charge in [-0.3, -0.25) is 10.1 Å². The molecule has 0 spiro atoms. The number of phenols is 1. The molecule has 0 saturated heterocycles. The number of ether oxygens (including phenoxy) is 1. The molecule has 18 heavy (non-hydrogen) atoms. The largest absolute Gasteiger partial charge is 0.500 e. The molecule has 6 nitrogen and oxygen atoms in total. The molecule has 0 aromatic heterocycles. The Kier molecular flexibility index (Phi) is 4.13. The van der Waals surface area contributed by atoms with Gasteiger partial charge in [-0.2, -0.15) is 0 Å². The molecule has 0 fully saturated rings. The molecule has 0 aliphatic heterocycles. The van der Waals surface area contributed by atoms with Gasteiger partial charge in [0, 0.05) is 6.07 Å². The van der Waals surface area contributed by atoms with E-state index in [9.17, 15) is 15.2 Å². The predicted octanol–water partition coefficient (Wildman–Crippen LogP) is 1.84. The van der Waals surface area contributed by atoms with Crippen molar-refractivity contribution in [3.8, 4) is 11.5 Å². The van der Waals surface area contributed by atoms with Gasteiger partial charge in [-0.1, -0.05) is 13.8 Å². The van der Waals surface area contributed by atoms with E-state index in [-0.39, 0.29) is 16.9 Å². The van der Waals surface area contributed by atoms with Crippen molar-refractivity contribution >= 4 is 5.69 Å². The molecule has 0 aliphatic rings. The lowest BCUT2D eigenvalue weighted by Crippen LogP contribution is -2.25. The molecule has 0 bridgehead atoms. The van der Waals surface area contributed by atoms with Gasteiger partial charge in [0.1, 0.15) is 0 Å². The van der Waals surface area contributed by atoms with Crippen molar-refractivity contribution in [1.82, 2.24) is 0 Å². The van der Waals surface area contributed by atoms with Crippen molar-refractivity contribution in [2.24, 2.45) is 11.1 Å². The summed E-state index contributed by atoms with van der Waals surface area (Å²) < 4.78 is 4.94. The summed E-state index contributed by atoms with van der Waals surface area (Å²) in [5, 5.41) is 20.5.